The highest BCUT2D eigenvalue weighted by Gasteiger charge is 2.44. The second-order valence-electron chi connectivity index (χ2n) is 11.0. The zero-order valence-electron chi connectivity index (χ0n) is 22.5. The van der Waals surface area contributed by atoms with Gasteiger partial charge in [-0.1, -0.05) is 0 Å². The van der Waals surface area contributed by atoms with E-state index < -0.39 is 35.6 Å². The van der Waals surface area contributed by atoms with E-state index >= 15 is 0 Å². The van der Waals surface area contributed by atoms with E-state index in [1.165, 1.54) is 0 Å². The molecule has 13 heteroatoms. The van der Waals surface area contributed by atoms with Crippen LogP contribution in [0.4, 0.5) is 11.5 Å². The van der Waals surface area contributed by atoms with Gasteiger partial charge in [0, 0.05) is 50.4 Å². The van der Waals surface area contributed by atoms with Crippen LogP contribution in [0, 0.1) is 0 Å². The summed E-state index contributed by atoms with van der Waals surface area (Å²) in [7, 11) is 0. The van der Waals surface area contributed by atoms with Crippen LogP contribution in [0.15, 0.2) is 30.3 Å². The zero-order valence-corrected chi connectivity index (χ0v) is 22.5. The standard InChI is InChI=1S/C28H32N8O5/c29-25(38)21-3-5-23(33-32-21)35-13-9-17(10-14-35)30-16-7-11-34(12-8-16)18-1-2-19-20(15-18)28(41)36(27(19)40)22-4-6-24(37)31-26(22)39/h1-3,5,15-17,22,30H,4,6-14H2,(H2,29,38)(H,31,37,39). The first-order valence-corrected chi connectivity index (χ1v) is 14.0. The Morgan fingerprint density at radius 2 is 1.49 bits per heavy atom. The van der Waals surface area contributed by atoms with Gasteiger partial charge in [0.25, 0.3) is 17.7 Å². The summed E-state index contributed by atoms with van der Waals surface area (Å²) in [5.74, 6) is -1.82. The number of rotatable bonds is 6. The Bertz CT molecular complexity index is 1400. The molecule has 1 atom stereocenters. The van der Waals surface area contributed by atoms with Crippen LogP contribution in [-0.4, -0.2) is 88.9 Å². The maximum absolute atomic E-state index is 13.2. The lowest BCUT2D eigenvalue weighted by Gasteiger charge is -2.38. The third-order valence-corrected chi connectivity index (χ3v) is 8.48. The third kappa shape index (κ3) is 5.24. The Kier molecular flexibility index (Phi) is 7.12. The average molecular weight is 561 g/mol. The Labute approximate surface area is 236 Å². The molecule has 0 saturated carbocycles. The molecule has 4 aliphatic heterocycles. The summed E-state index contributed by atoms with van der Waals surface area (Å²) < 4.78 is 0. The van der Waals surface area contributed by atoms with Crippen LogP contribution in [0.3, 0.4) is 0 Å². The number of aromatic nitrogens is 2. The fourth-order valence-corrected chi connectivity index (χ4v) is 6.19. The molecule has 5 amide bonds. The van der Waals surface area contributed by atoms with Gasteiger partial charge in [-0.15, -0.1) is 10.2 Å². The summed E-state index contributed by atoms with van der Waals surface area (Å²) in [6, 6.07) is 8.50. The minimum Gasteiger partial charge on any atom is -0.371 e. The van der Waals surface area contributed by atoms with Gasteiger partial charge in [-0.3, -0.25) is 34.2 Å². The zero-order chi connectivity index (χ0) is 28.7. The number of benzene rings is 1. The van der Waals surface area contributed by atoms with Gasteiger partial charge >= 0.3 is 0 Å². The summed E-state index contributed by atoms with van der Waals surface area (Å²) >= 11 is 0. The number of primary amides is 1. The molecule has 0 radical (unpaired) electrons. The number of nitrogens with one attached hydrogen (secondary N) is 2. The Morgan fingerprint density at radius 3 is 2.10 bits per heavy atom. The molecule has 4 aliphatic rings. The largest absolute Gasteiger partial charge is 0.371 e. The van der Waals surface area contributed by atoms with Crippen LogP contribution >= 0.6 is 0 Å². The second-order valence-corrected chi connectivity index (χ2v) is 11.0. The van der Waals surface area contributed by atoms with Crippen molar-refractivity contribution < 1.29 is 24.0 Å². The van der Waals surface area contributed by atoms with Crippen LogP contribution in [-0.2, 0) is 9.59 Å². The maximum Gasteiger partial charge on any atom is 0.269 e. The molecule has 4 N–H and O–H groups in total. The first kappa shape index (κ1) is 26.8. The smallest absolute Gasteiger partial charge is 0.269 e. The molecule has 214 valence electrons. The summed E-state index contributed by atoms with van der Waals surface area (Å²) in [4.78, 5) is 66.6. The van der Waals surface area contributed by atoms with Gasteiger partial charge in [0.05, 0.1) is 11.1 Å². The molecule has 5 heterocycles. The lowest BCUT2D eigenvalue weighted by Crippen LogP contribution is -2.54. The molecule has 1 unspecified atom stereocenters. The second kappa shape index (κ2) is 10.9. The summed E-state index contributed by atoms with van der Waals surface area (Å²) in [6.07, 6.45) is 4.09. The Hall–Kier alpha value is -4.39. The molecule has 6 rings (SSSR count). The van der Waals surface area contributed by atoms with Gasteiger partial charge in [-0.05, 0) is 62.4 Å². The summed E-state index contributed by atoms with van der Waals surface area (Å²) in [6.45, 7) is 3.32. The van der Waals surface area contributed by atoms with Crippen molar-refractivity contribution in [3.05, 3.63) is 47.2 Å². The number of amides is 5. The van der Waals surface area contributed by atoms with E-state index in [-0.39, 0.29) is 18.5 Å². The van der Waals surface area contributed by atoms with Gasteiger partial charge in [-0.25, -0.2) is 0 Å². The van der Waals surface area contributed by atoms with Crippen LogP contribution in [0.5, 0.6) is 0 Å². The van der Waals surface area contributed by atoms with E-state index in [4.69, 9.17) is 5.73 Å². The monoisotopic (exact) mass is 560 g/mol. The minimum absolute atomic E-state index is 0.0953. The molecule has 2 aromatic rings. The molecule has 3 fully saturated rings. The molecule has 1 aromatic heterocycles. The van der Waals surface area contributed by atoms with E-state index in [9.17, 15) is 24.0 Å². The number of nitrogens with two attached hydrogens (primary N) is 1. The summed E-state index contributed by atoms with van der Waals surface area (Å²) in [5, 5.41) is 14.1. The molecular formula is C28H32N8O5. The molecule has 3 saturated heterocycles. The normalized spacial score (nSPS) is 22.2. The first-order valence-electron chi connectivity index (χ1n) is 14.0. The predicted octanol–water partition coefficient (Wildman–Crippen LogP) is 0.204. The number of carbonyl (C=O) groups excluding carboxylic acids is 5. The van der Waals surface area contributed by atoms with Crippen LogP contribution < -0.4 is 26.2 Å². The number of nitrogens with zero attached hydrogens (tertiary/aromatic N) is 5. The van der Waals surface area contributed by atoms with Gasteiger partial charge < -0.3 is 20.9 Å². The van der Waals surface area contributed by atoms with Crippen molar-refractivity contribution in [1.82, 2.24) is 25.7 Å². The molecule has 1 aromatic carbocycles. The Balaban J connectivity index is 1.01. The van der Waals surface area contributed by atoms with E-state index in [0.29, 0.717) is 23.2 Å². The number of hydrogen-bond acceptors (Lipinski definition) is 10. The molecule has 0 bridgehead atoms. The molecular weight excluding hydrogens is 528 g/mol. The van der Waals surface area contributed by atoms with Crippen LogP contribution in [0.25, 0.3) is 0 Å². The highest BCUT2D eigenvalue weighted by molar-refractivity contribution is 6.23. The molecule has 41 heavy (non-hydrogen) atoms. The van der Waals surface area contributed by atoms with Gasteiger partial charge in [0.1, 0.15) is 6.04 Å². The van der Waals surface area contributed by atoms with Gasteiger partial charge in [0.15, 0.2) is 11.5 Å². The quantitative estimate of drug-likeness (QED) is 0.415. The van der Waals surface area contributed by atoms with Crippen LogP contribution in [0.2, 0.25) is 0 Å². The van der Waals surface area contributed by atoms with E-state index in [1.54, 1.807) is 24.3 Å². The van der Waals surface area contributed by atoms with Crippen molar-refractivity contribution in [2.45, 2.75) is 56.7 Å². The average Bonchev–Trinajstić information content (AvgIpc) is 3.23. The number of carbonyl (C=O) groups is 5. The van der Waals surface area contributed by atoms with Gasteiger partial charge in [-0.2, -0.15) is 0 Å². The Morgan fingerprint density at radius 1 is 0.829 bits per heavy atom. The lowest BCUT2D eigenvalue weighted by molar-refractivity contribution is -0.136. The predicted molar refractivity (Wildman–Crippen MR) is 147 cm³/mol. The highest BCUT2D eigenvalue weighted by Crippen LogP contribution is 2.32. The minimum atomic E-state index is -0.965. The SMILES string of the molecule is NC(=O)c1ccc(N2CCC(NC3CCN(c4ccc5c(c4)C(=O)N(C4CCC(=O)NC4=O)C5=O)CC3)CC2)nn1. The van der Waals surface area contributed by atoms with Gasteiger partial charge in [0.2, 0.25) is 11.8 Å². The number of fused-ring (bicyclic) bond motifs is 1. The van der Waals surface area contributed by atoms with Crippen LogP contribution in [0.1, 0.15) is 69.7 Å². The molecule has 0 spiro atoms. The van der Waals surface area contributed by atoms with E-state index in [0.717, 1.165) is 68.3 Å². The van der Waals surface area contributed by atoms with E-state index in [2.05, 4.69) is 30.6 Å². The van der Waals surface area contributed by atoms with Crippen molar-refractivity contribution in [1.29, 1.82) is 0 Å². The number of hydrogen-bond donors (Lipinski definition) is 3. The highest BCUT2D eigenvalue weighted by atomic mass is 16.2. The number of piperidine rings is 3. The molecule has 13 nitrogen and oxygen atoms in total. The first-order chi connectivity index (χ1) is 19.8. The van der Waals surface area contributed by atoms with Crippen molar-refractivity contribution in [3.63, 3.8) is 0 Å². The summed E-state index contributed by atoms with van der Waals surface area (Å²) in [5.41, 5.74) is 6.88. The molecule has 0 aliphatic carbocycles. The number of imide groups is 2. The topological polar surface area (TPSA) is 171 Å². The van der Waals surface area contributed by atoms with Crippen molar-refractivity contribution in [3.8, 4) is 0 Å². The van der Waals surface area contributed by atoms with Crippen molar-refractivity contribution >= 4 is 41.0 Å². The lowest BCUT2D eigenvalue weighted by atomic mass is 9.98. The fraction of sp³-hybridized carbons (Fsp3) is 0.464. The maximum atomic E-state index is 13.2. The van der Waals surface area contributed by atoms with Crippen molar-refractivity contribution in [2.24, 2.45) is 5.73 Å². The van der Waals surface area contributed by atoms with E-state index in [1.807, 2.05) is 6.07 Å². The number of anilines is 2. The van der Waals surface area contributed by atoms with Crippen molar-refractivity contribution in [2.75, 3.05) is 36.0 Å². The third-order valence-electron chi connectivity index (χ3n) is 8.48. The fourth-order valence-electron chi connectivity index (χ4n) is 6.19.